The number of hydrogen-bond donors (Lipinski definition) is 2. The van der Waals surface area contributed by atoms with Crippen LogP contribution in [-0.2, 0) is 11.2 Å². The molecule has 0 bridgehead atoms. The number of carbonyl (C=O) groups is 3. The number of carbonyl (C=O) groups excluding carboxylic acids is 2. The summed E-state index contributed by atoms with van der Waals surface area (Å²) in [7, 11) is 0. The van der Waals surface area contributed by atoms with Gasteiger partial charge in [-0.1, -0.05) is 29.3 Å². The number of pyridine rings is 1. The molecular formula is C26H23Cl2FN4O4. The minimum absolute atomic E-state index is 0.0115. The molecule has 2 amide bonds. The van der Waals surface area contributed by atoms with Crippen LogP contribution in [0.2, 0.25) is 10.0 Å². The first-order valence-electron chi connectivity index (χ1n) is 11.5. The number of amides is 2. The zero-order valence-corrected chi connectivity index (χ0v) is 21.0. The Morgan fingerprint density at radius 1 is 0.973 bits per heavy atom. The van der Waals surface area contributed by atoms with E-state index in [0.717, 1.165) is 5.69 Å². The van der Waals surface area contributed by atoms with Gasteiger partial charge >= 0.3 is 5.97 Å². The SMILES string of the molecule is O=C(N[C@@H](Cc1ccc(N2CCN(C(=O)c3ccc(F)cc3)CC2)cn1)C(=O)O)c1c(Cl)cccc1Cl. The molecule has 0 spiro atoms. The second-order valence-electron chi connectivity index (χ2n) is 8.46. The lowest BCUT2D eigenvalue weighted by Gasteiger charge is -2.36. The molecular weight excluding hydrogens is 522 g/mol. The summed E-state index contributed by atoms with van der Waals surface area (Å²) in [6, 6.07) is 12.4. The number of aliphatic carboxylic acids is 1. The van der Waals surface area contributed by atoms with E-state index in [1.54, 1.807) is 23.2 Å². The molecule has 1 aliphatic rings. The fraction of sp³-hybridized carbons (Fsp3) is 0.231. The van der Waals surface area contributed by atoms with E-state index in [-0.39, 0.29) is 33.8 Å². The minimum Gasteiger partial charge on any atom is -0.480 e. The van der Waals surface area contributed by atoms with Crippen molar-refractivity contribution in [2.24, 2.45) is 0 Å². The van der Waals surface area contributed by atoms with Crippen LogP contribution < -0.4 is 10.2 Å². The van der Waals surface area contributed by atoms with Crippen molar-refractivity contribution in [2.75, 3.05) is 31.1 Å². The molecule has 1 saturated heterocycles. The highest BCUT2D eigenvalue weighted by Gasteiger charge is 2.25. The summed E-state index contributed by atoms with van der Waals surface area (Å²) in [6.45, 7) is 2.16. The number of nitrogens with zero attached hydrogens (tertiary/aromatic N) is 3. The number of nitrogens with one attached hydrogen (secondary N) is 1. The molecule has 1 fully saturated rings. The third kappa shape index (κ3) is 6.36. The third-order valence-electron chi connectivity index (χ3n) is 6.04. The number of carboxylic acid groups (broad SMARTS) is 1. The zero-order valence-electron chi connectivity index (χ0n) is 19.5. The molecule has 0 saturated carbocycles. The first-order valence-corrected chi connectivity index (χ1v) is 12.2. The van der Waals surface area contributed by atoms with E-state index in [0.29, 0.717) is 37.4 Å². The second kappa shape index (κ2) is 11.6. The van der Waals surface area contributed by atoms with Gasteiger partial charge in [-0.05, 0) is 48.5 Å². The number of aromatic nitrogens is 1. The summed E-state index contributed by atoms with van der Waals surface area (Å²) in [5, 5.41) is 12.3. The lowest BCUT2D eigenvalue weighted by Crippen LogP contribution is -2.48. The van der Waals surface area contributed by atoms with E-state index in [1.807, 2.05) is 6.07 Å². The Morgan fingerprint density at radius 3 is 2.19 bits per heavy atom. The van der Waals surface area contributed by atoms with Crippen LogP contribution in [0.3, 0.4) is 0 Å². The van der Waals surface area contributed by atoms with Crippen LogP contribution in [0.4, 0.5) is 10.1 Å². The second-order valence-corrected chi connectivity index (χ2v) is 9.27. The predicted octanol–water partition coefficient (Wildman–Crippen LogP) is 3.92. The van der Waals surface area contributed by atoms with Crippen molar-refractivity contribution in [1.29, 1.82) is 0 Å². The van der Waals surface area contributed by atoms with Crippen molar-refractivity contribution in [3.8, 4) is 0 Å². The molecule has 1 aromatic heterocycles. The molecule has 4 rings (SSSR count). The Bertz CT molecular complexity index is 1280. The highest BCUT2D eigenvalue weighted by molar-refractivity contribution is 6.39. The molecule has 1 atom stereocenters. The fourth-order valence-corrected chi connectivity index (χ4v) is 4.59. The Morgan fingerprint density at radius 2 is 1.62 bits per heavy atom. The van der Waals surface area contributed by atoms with Crippen LogP contribution >= 0.6 is 23.2 Å². The Kier molecular flexibility index (Phi) is 8.25. The largest absolute Gasteiger partial charge is 0.480 e. The van der Waals surface area contributed by atoms with Gasteiger partial charge in [-0.3, -0.25) is 14.6 Å². The molecule has 0 radical (unpaired) electrons. The molecule has 3 aromatic rings. The van der Waals surface area contributed by atoms with Gasteiger partial charge in [0.25, 0.3) is 11.8 Å². The Balaban J connectivity index is 1.35. The van der Waals surface area contributed by atoms with Crippen molar-refractivity contribution in [3.63, 3.8) is 0 Å². The summed E-state index contributed by atoms with van der Waals surface area (Å²) >= 11 is 12.1. The molecule has 2 N–H and O–H groups in total. The summed E-state index contributed by atoms with van der Waals surface area (Å²) in [6.07, 6.45) is 1.60. The number of halogens is 3. The van der Waals surface area contributed by atoms with Crippen LogP contribution in [-0.4, -0.2) is 65.0 Å². The van der Waals surface area contributed by atoms with Gasteiger partial charge in [0.1, 0.15) is 11.9 Å². The number of rotatable bonds is 7. The number of piperazine rings is 1. The van der Waals surface area contributed by atoms with Crippen LogP contribution in [0, 0.1) is 5.82 Å². The van der Waals surface area contributed by atoms with E-state index >= 15 is 0 Å². The average molecular weight is 545 g/mol. The van der Waals surface area contributed by atoms with E-state index in [4.69, 9.17) is 23.2 Å². The smallest absolute Gasteiger partial charge is 0.326 e. The van der Waals surface area contributed by atoms with E-state index < -0.39 is 17.9 Å². The van der Waals surface area contributed by atoms with Gasteiger partial charge in [-0.15, -0.1) is 0 Å². The van der Waals surface area contributed by atoms with Crippen molar-refractivity contribution in [3.05, 3.63) is 93.5 Å². The fourth-order valence-electron chi connectivity index (χ4n) is 4.02. The number of anilines is 1. The molecule has 0 aliphatic carbocycles. The summed E-state index contributed by atoms with van der Waals surface area (Å²) < 4.78 is 13.1. The number of carboxylic acids is 1. The Hall–Kier alpha value is -3.69. The van der Waals surface area contributed by atoms with Gasteiger partial charge in [0.2, 0.25) is 0 Å². The zero-order chi connectivity index (χ0) is 26.5. The van der Waals surface area contributed by atoms with E-state index in [1.165, 1.54) is 36.4 Å². The number of hydrogen-bond acceptors (Lipinski definition) is 5. The van der Waals surface area contributed by atoms with Crippen LogP contribution in [0.15, 0.2) is 60.8 Å². The standard InChI is InChI=1S/C26H23Cl2FN4O4/c27-20-2-1-3-21(28)23(20)24(34)31-22(26(36)37)14-18-8-9-19(15-30-18)32-10-12-33(13-11-32)25(35)16-4-6-17(29)7-5-16/h1-9,15,22H,10-14H2,(H,31,34)(H,36,37)/t22-/m0/s1. The highest BCUT2D eigenvalue weighted by Crippen LogP contribution is 2.24. The van der Waals surface area contributed by atoms with Crippen molar-refractivity contribution in [1.82, 2.24) is 15.2 Å². The molecule has 2 heterocycles. The highest BCUT2D eigenvalue weighted by atomic mass is 35.5. The van der Waals surface area contributed by atoms with Crippen LogP contribution in [0.5, 0.6) is 0 Å². The Labute approximate surface area is 222 Å². The molecule has 8 nitrogen and oxygen atoms in total. The van der Waals surface area contributed by atoms with Crippen molar-refractivity contribution < 1.29 is 23.9 Å². The minimum atomic E-state index is -1.24. The summed E-state index contributed by atoms with van der Waals surface area (Å²) in [4.78, 5) is 45.2. The molecule has 11 heteroatoms. The first kappa shape index (κ1) is 26.4. The van der Waals surface area contributed by atoms with Gasteiger partial charge in [0.05, 0.1) is 27.5 Å². The lowest BCUT2D eigenvalue weighted by atomic mass is 10.1. The molecule has 2 aromatic carbocycles. The summed E-state index contributed by atoms with van der Waals surface area (Å²) in [5.41, 5.74) is 1.76. The van der Waals surface area contributed by atoms with E-state index in [2.05, 4.69) is 15.2 Å². The van der Waals surface area contributed by atoms with Crippen LogP contribution in [0.1, 0.15) is 26.4 Å². The molecule has 37 heavy (non-hydrogen) atoms. The van der Waals surface area contributed by atoms with Gasteiger partial charge in [-0.25, -0.2) is 9.18 Å². The predicted molar refractivity (Wildman–Crippen MR) is 138 cm³/mol. The van der Waals surface area contributed by atoms with Gasteiger partial charge < -0.3 is 20.2 Å². The number of benzene rings is 2. The molecule has 1 aliphatic heterocycles. The normalized spacial score (nSPS) is 14.2. The average Bonchev–Trinajstić information content (AvgIpc) is 2.89. The van der Waals surface area contributed by atoms with Crippen LogP contribution in [0.25, 0.3) is 0 Å². The quantitative estimate of drug-likeness (QED) is 0.467. The van der Waals surface area contributed by atoms with Gasteiger partial charge in [0, 0.05) is 43.9 Å². The monoisotopic (exact) mass is 544 g/mol. The van der Waals surface area contributed by atoms with Gasteiger partial charge in [0.15, 0.2) is 0 Å². The third-order valence-corrected chi connectivity index (χ3v) is 6.67. The maximum absolute atomic E-state index is 13.1. The first-order chi connectivity index (χ1) is 17.7. The van der Waals surface area contributed by atoms with Gasteiger partial charge in [-0.2, -0.15) is 0 Å². The van der Waals surface area contributed by atoms with Crippen molar-refractivity contribution in [2.45, 2.75) is 12.5 Å². The molecule has 192 valence electrons. The topological polar surface area (TPSA) is 103 Å². The van der Waals surface area contributed by atoms with Crippen molar-refractivity contribution >= 4 is 46.7 Å². The lowest BCUT2D eigenvalue weighted by molar-refractivity contribution is -0.139. The summed E-state index contributed by atoms with van der Waals surface area (Å²) in [5.74, 6) is -2.44. The molecule has 0 unspecified atom stereocenters. The maximum atomic E-state index is 13.1. The maximum Gasteiger partial charge on any atom is 0.326 e. The van der Waals surface area contributed by atoms with E-state index in [9.17, 15) is 23.9 Å².